The molecule has 4 rings (SSSR count). The molecule has 1 aliphatic heterocycles. The first kappa shape index (κ1) is 22.3. The van der Waals surface area contributed by atoms with Gasteiger partial charge in [0, 0.05) is 17.7 Å². The van der Waals surface area contributed by atoms with Crippen LogP contribution in [0, 0.1) is 15.9 Å². The highest BCUT2D eigenvalue weighted by molar-refractivity contribution is 6.39. The number of urea groups is 1. The summed E-state index contributed by atoms with van der Waals surface area (Å²) in [5.41, 5.74) is 0.166. The van der Waals surface area contributed by atoms with Crippen molar-refractivity contribution in [2.24, 2.45) is 0 Å². The molecule has 0 atom stereocenters. The molecule has 0 aliphatic carbocycles. The van der Waals surface area contributed by atoms with Gasteiger partial charge in [0.2, 0.25) is 0 Å². The van der Waals surface area contributed by atoms with Crippen LogP contribution in [0.5, 0.6) is 5.75 Å². The number of carbonyl (C=O) groups is 3. The van der Waals surface area contributed by atoms with Crippen molar-refractivity contribution in [2.75, 3.05) is 4.90 Å². The van der Waals surface area contributed by atoms with E-state index in [1.54, 1.807) is 42.5 Å². The highest BCUT2D eigenvalue weighted by atomic mass is 19.1. The molecule has 1 fully saturated rings. The van der Waals surface area contributed by atoms with E-state index >= 15 is 0 Å². The lowest BCUT2D eigenvalue weighted by molar-refractivity contribution is -0.384. The summed E-state index contributed by atoms with van der Waals surface area (Å²) in [5.74, 6) is -1.75. The monoisotopic (exact) mass is 461 g/mol. The number of hydrogen-bond acceptors (Lipinski definition) is 6. The SMILES string of the molecule is O=C1NC(=O)N(c2cccc([N+](=O)[O-])c2)C(=O)C1=Cc1ccc(OCc2ccccc2F)cc1. The van der Waals surface area contributed by atoms with Gasteiger partial charge in [-0.1, -0.05) is 36.4 Å². The van der Waals surface area contributed by atoms with Gasteiger partial charge in [0.05, 0.1) is 10.6 Å². The number of nitro groups is 1. The van der Waals surface area contributed by atoms with Crippen LogP contribution in [-0.2, 0) is 16.2 Å². The lowest BCUT2D eigenvalue weighted by Crippen LogP contribution is -2.54. The quantitative estimate of drug-likeness (QED) is 0.257. The summed E-state index contributed by atoms with van der Waals surface area (Å²) in [6.45, 7) is 0.0221. The van der Waals surface area contributed by atoms with Gasteiger partial charge in [0.1, 0.15) is 23.7 Å². The molecule has 34 heavy (non-hydrogen) atoms. The summed E-state index contributed by atoms with van der Waals surface area (Å²) in [6, 6.07) is 16.5. The zero-order valence-electron chi connectivity index (χ0n) is 17.4. The number of ether oxygens (including phenoxy) is 1. The highest BCUT2D eigenvalue weighted by Crippen LogP contribution is 2.26. The molecule has 9 nitrogen and oxygen atoms in total. The molecule has 0 aromatic heterocycles. The standard InChI is InChI=1S/C24H16FN3O6/c25-21-7-2-1-4-16(21)14-34-19-10-8-15(9-11-19)12-20-22(29)26-24(31)27(23(20)30)17-5-3-6-18(13-17)28(32)33/h1-13H,14H2,(H,26,29,31). The molecule has 0 spiro atoms. The number of anilines is 1. The zero-order chi connectivity index (χ0) is 24.2. The average Bonchev–Trinajstić information content (AvgIpc) is 2.82. The Balaban J connectivity index is 1.54. The van der Waals surface area contributed by atoms with Gasteiger partial charge in [-0.05, 0) is 35.9 Å². The molecule has 0 bridgehead atoms. The van der Waals surface area contributed by atoms with Gasteiger partial charge in [0.25, 0.3) is 17.5 Å². The number of nitrogens with one attached hydrogen (secondary N) is 1. The van der Waals surface area contributed by atoms with E-state index in [0.717, 1.165) is 6.07 Å². The lowest BCUT2D eigenvalue weighted by Gasteiger charge is -2.26. The van der Waals surface area contributed by atoms with Gasteiger partial charge < -0.3 is 4.74 Å². The predicted octanol–water partition coefficient (Wildman–Crippen LogP) is 3.98. The summed E-state index contributed by atoms with van der Waals surface area (Å²) in [7, 11) is 0. The molecule has 3 aromatic carbocycles. The van der Waals surface area contributed by atoms with Gasteiger partial charge in [-0.3, -0.25) is 25.0 Å². The van der Waals surface area contributed by atoms with Crippen molar-refractivity contribution in [3.8, 4) is 5.75 Å². The van der Waals surface area contributed by atoms with Crippen molar-refractivity contribution in [1.82, 2.24) is 5.32 Å². The number of barbiturate groups is 1. The number of hydrogen-bond donors (Lipinski definition) is 1. The third-order valence-corrected chi connectivity index (χ3v) is 4.94. The van der Waals surface area contributed by atoms with Crippen LogP contribution in [0.4, 0.5) is 20.6 Å². The largest absolute Gasteiger partial charge is 0.489 e. The minimum Gasteiger partial charge on any atom is -0.489 e. The van der Waals surface area contributed by atoms with Crippen LogP contribution in [0.2, 0.25) is 0 Å². The van der Waals surface area contributed by atoms with Crippen LogP contribution in [0.1, 0.15) is 11.1 Å². The van der Waals surface area contributed by atoms with Crippen LogP contribution in [0.15, 0.2) is 78.4 Å². The van der Waals surface area contributed by atoms with Crippen LogP contribution >= 0.6 is 0 Å². The topological polar surface area (TPSA) is 119 Å². The molecule has 10 heteroatoms. The fourth-order valence-corrected chi connectivity index (χ4v) is 3.24. The maximum absolute atomic E-state index is 13.7. The van der Waals surface area contributed by atoms with Gasteiger partial charge in [-0.15, -0.1) is 0 Å². The van der Waals surface area contributed by atoms with Crippen LogP contribution in [0.3, 0.4) is 0 Å². The lowest BCUT2D eigenvalue weighted by atomic mass is 10.1. The number of benzene rings is 3. The maximum atomic E-state index is 13.7. The fraction of sp³-hybridized carbons (Fsp3) is 0.0417. The van der Waals surface area contributed by atoms with Crippen molar-refractivity contribution in [1.29, 1.82) is 0 Å². The van der Waals surface area contributed by atoms with Crippen molar-refractivity contribution >= 4 is 35.3 Å². The minimum absolute atomic E-state index is 0.0221. The maximum Gasteiger partial charge on any atom is 0.335 e. The van der Waals surface area contributed by atoms with Gasteiger partial charge in [-0.25, -0.2) is 14.1 Å². The van der Waals surface area contributed by atoms with Crippen molar-refractivity contribution < 1.29 is 28.4 Å². The Morgan fingerprint density at radius 1 is 1.00 bits per heavy atom. The Morgan fingerprint density at radius 2 is 1.74 bits per heavy atom. The van der Waals surface area contributed by atoms with E-state index in [4.69, 9.17) is 4.74 Å². The Morgan fingerprint density at radius 3 is 2.44 bits per heavy atom. The van der Waals surface area contributed by atoms with E-state index in [2.05, 4.69) is 5.32 Å². The first-order valence-corrected chi connectivity index (χ1v) is 9.95. The second-order valence-corrected chi connectivity index (χ2v) is 7.18. The smallest absolute Gasteiger partial charge is 0.335 e. The second-order valence-electron chi connectivity index (χ2n) is 7.18. The number of non-ortho nitro benzene ring substituents is 1. The van der Waals surface area contributed by atoms with E-state index in [0.29, 0.717) is 21.8 Å². The summed E-state index contributed by atoms with van der Waals surface area (Å²) in [6.07, 6.45) is 1.29. The fourth-order valence-electron chi connectivity index (χ4n) is 3.24. The Bertz CT molecular complexity index is 1340. The zero-order valence-corrected chi connectivity index (χ0v) is 17.4. The number of imide groups is 2. The molecular formula is C24H16FN3O6. The first-order chi connectivity index (χ1) is 16.3. The minimum atomic E-state index is -1.01. The molecule has 1 saturated heterocycles. The Hall–Kier alpha value is -4.86. The number of rotatable bonds is 6. The third-order valence-electron chi connectivity index (χ3n) is 4.94. The summed E-state index contributed by atoms with van der Waals surface area (Å²) < 4.78 is 19.3. The first-order valence-electron chi connectivity index (χ1n) is 9.95. The summed E-state index contributed by atoms with van der Waals surface area (Å²) in [5, 5.41) is 13.1. The normalized spacial score (nSPS) is 14.8. The highest BCUT2D eigenvalue weighted by Gasteiger charge is 2.37. The molecule has 4 amide bonds. The van der Waals surface area contributed by atoms with E-state index in [1.807, 2.05) is 0 Å². The van der Waals surface area contributed by atoms with Crippen LogP contribution in [0.25, 0.3) is 6.08 Å². The van der Waals surface area contributed by atoms with E-state index < -0.39 is 22.8 Å². The van der Waals surface area contributed by atoms with Gasteiger partial charge in [-0.2, -0.15) is 0 Å². The molecule has 0 unspecified atom stereocenters. The third kappa shape index (κ3) is 4.65. The predicted molar refractivity (Wildman–Crippen MR) is 119 cm³/mol. The van der Waals surface area contributed by atoms with Gasteiger partial charge in [0.15, 0.2) is 0 Å². The number of nitro benzene ring substituents is 1. The van der Waals surface area contributed by atoms with Crippen LogP contribution < -0.4 is 15.0 Å². The van der Waals surface area contributed by atoms with E-state index in [-0.39, 0.29) is 29.4 Å². The molecule has 0 radical (unpaired) electrons. The van der Waals surface area contributed by atoms with Crippen molar-refractivity contribution in [3.63, 3.8) is 0 Å². The van der Waals surface area contributed by atoms with E-state index in [1.165, 1.54) is 30.3 Å². The average molecular weight is 461 g/mol. The Kier molecular flexibility index (Phi) is 6.13. The van der Waals surface area contributed by atoms with E-state index in [9.17, 15) is 28.9 Å². The van der Waals surface area contributed by atoms with Crippen LogP contribution in [-0.4, -0.2) is 22.8 Å². The number of nitrogens with zero attached hydrogens (tertiary/aromatic N) is 2. The molecule has 1 N–H and O–H groups in total. The molecule has 1 aliphatic rings. The molecule has 170 valence electrons. The summed E-state index contributed by atoms with van der Waals surface area (Å²) in [4.78, 5) is 48.6. The summed E-state index contributed by atoms with van der Waals surface area (Å²) >= 11 is 0. The number of carbonyl (C=O) groups excluding carboxylic acids is 3. The number of amides is 4. The van der Waals surface area contributed by atoms with Gasteiger partial charge >= 0.3 is 6.03 Å². The van der Waals surface area contributed by atoms with Crippen molar-refractivity contribution in [2.45, 2.75) is 6.61 Å². The molecule has 3 aromatic rings. The molecular weight excluding hydrogens is 445 g/mol. The molecule has 1 heterocycles. The second kappa shape index (κ2) is 9.33. The Labute approximate surface area is 192 Å². The number of halogens is 1. The van der Waals surface area contributed by atoms with Crippen molar-refractivity contribution in [3.05, 3.63) is 105 Å². The molecule has 0 saturated carbocycles.